The van der Waals surface area contributed by atoms with E-state index in [9.17, 15) is 8.78 Å². The Labute approximate surface area is 109 Å². The fourth-order valence-corrected chi connectivity index (χ4v) is 1.82. The maximum atomic E-state index is 13.6. The highest BCUT2D eigenvalue weighted by molar-refractivity contribution is 6.33. The molecule has 0 fully saturated rings. The van der Waals surface area contributed by atoms with Crippen molar-refractivity contribution in [3.05, 3.63) is 58.9 Å². The molecule has 1 N–H and O–H groups in total. The van der Waals surface area contributed by atoms with Crippen LogP contribution in [0.4, 0.5) is 14.5 Å². The minimum atomic E-state index is -0.446. The zero-order valence-electron chi connectivity index (χ0n) is 9.62. The third-order valence-corrected chi connectivity index (χ3v) is 2.86. The van der Waals surface area contributed by atoms with E-state index in [1.54, 1.807) is 13.0 Å². The number of nitrogens with zero attached hydrogens (tertiary/aromatic N) is 1. The molecule has 18 heavy (non-hydrogen) atoms. The van der Waals surface area contributed by atoms with E-state index < -0.39 is 11.6 Å². The lowest BCUT2D eigenvalue weighted by atomic mass is 10.1. The third-order valence-electron chi connectivity index (χ3n) is 2.55. The number of hydrogen-bond donors (Lipinski definition) is 1. The number of hydrogen-bond acceptors (Lipinski definition) is 2. The van der Waals surface area contributed by atoms with Gasteiger partial charge < -0.3 is 5.32 Å². The van der Waals surface area contributed by atoms with E-state index in [1.807, 2.05) is 0 Å². The topological polar surface area (TPSA) is 24.9 Å². The van der Waals surface area contributed by atoms with Gasteiger partial charge in [0.05, 0.1) is 22.9 Å². The predicted octanol–water partition coefficient (Wildman–Crippen LogP) is 4.19. The molecule has 5 heteroatoms. The molecule has 1 heterocycles. The van der Waals surface area contributed by atoms with Crippen molar-refractivity contribution in [3.8, 4) is 0 Å². The summed E-state index contributed by atoms with van der Waals surface area (Å²) in [5, 5.41) is 3.19. The van der Waals surface area contributed by atoms with E-state index in [0.29, 0.717) is 5.56 Å². The van der Waals surface area contributed by atoms with Gasteiger partial charge in [-0.1, -0.05) is 17.7 Å². The predicted molar refractivity (Wildman–Crippen MR) is 67.6 cm³/mol. The molecule has 0 bridgehead atoms. The van der Waals surface area contributed by atoms with E-state index in [4.69, 9.17) is 11.6 Å². The molecule has 0 aliphatic rings. The second-order valence-corrected chi connectivity index (χ2v) is 4.31. The average molecular weight is 269 g/mol. The van der Waals surface area contributed by atoms with Gasteiger partial charge in [-0.2, -0.15) is 0 Å². The van der Waals surface area contributed by atoms with Crippen molar-refractivity contribution >= 4 is 17.3 Å². The molecule has 94 valence electrons. The first-order chi connectivity index (χ1) is 8.58. The number of rotatable bonds is 3. The first kappa shape index (κ1) is 12.8. The van der Waals surface area contributed by atoms with Crippen LogP contribution in [0.2, 0.25) is 5.02 Å². The number of pyridine rings is 1. The number of benzene rings is 1. The second kappa shape index (κ2) is 5.31. The highest BCUT2D eigenvalue weighted by Crippen LogP contribution is 2.28. The normalized spacial score (nSPS) is 12.2. The summed E-state index contributed by atoms with van der Waals surface area (Å²) >= 11 is 5.90. The number of nitrogens with one attached hydrogen (secondary N) is 1. The van der Waals surface area contributed by atoms with Gasteiger partial charge in [0.1, 0.15) is 11.6 Å². The molecule has 0 radical (unpaired) electrons. The standard InChI is InChI=1S/C13H11ClF2N2/c1-8(9-5-10(15)7-17-6-9)18-13-11(14)3-2-4-12(13)16/h2-8,18H,1H3. The smallest absolute Gasteiger partial charge is 0.147 e. The minimum Gasteiger partial charge on any atom is -0.375 e. The van der Waals surface area contributed by atoms with E-state index in [0.717, 1.165) is 6.20 Å². The number of para-hydroxylation sites is 1. The molecule has 0 spiro atoms. The van der Waals surface area contributed by atoms with Gasteiger partial charge in [0.15, 0.2) is 0 Å². The summed E-state index contributed by atoms with van der Waals surface area (Å²) in [6.07, 6.45) is 2.64. The summed E-state index contributed by atoms with van der Waals surface area (Å²) < 4.78 is 26.6. The second-order valence-electron chi connectivity index (χ2n) is 3.90. The summed E-state index contributed by atoms with van der Waals surface area (Å²) in [5.74, 6) is -0.875. The van der Waals surface area contributed by atoms with Crippen LogP contribution in [-0.4, -0.2) is 4.98 Å². The Balaban J connectivity index is 2.24. The summed E-state index contributed by atoms with van der Waals surface area (Å²) in [7, 11) is 0. The van der Waals surface area contributed by atoms with E-state index in [1.165, 1.54) is 24.4 Å². The molecule has 2 nitrogen and oxygen atoms in total. The molecule has 1 atom stereocenters. The zero-order valence-corrected chi connectivity index (χ0v) is 10.4. The van der Waals surface area contributed by atoms with Gasteiger partial charge in [-0.15, -0.1) is 0 Å². The third kappa shape index (κ3) is 2.76. The van der Waals surface area contributed by atoms with Gasteiger partial charge in [-0.05, 0) is 30.7 Å². The van der Waals surface area contributed by atoms with Gasteiger partial charge in [0.2, 0.25) is 0 Å². The number of aromatic nitrogens is 1. The highest BCUT2D eigenvalue weighted by atomic mass is 35.5. The van der Waals surface area contributed by atoms with Crippen LogP contribution < -0.4 is 5.32 Å². The molecular formula is C13H11ClF2N2. The monoisotopic (exact) mass is 268 g/mol. The van der Waals surface area contributed by atoms with Crippen molar-refractivity contribution in [3.63, 3.8) is 0 Å². The van der Waals surface area contributed by atoms with Crippen molar-refractivity contribution in [1.82, 2.24) is 4.98 Å². The minimum absolute atomic E-state index is 0.205. The number of anilines is 1. The fourth-order valence-electron chi connectivity index (χ4n) is 1.60. The average Bonchev–Trinajstić information content (AvgIpc) is 2.34. The Hall–Kier alpha value is -1.68. The van der Waals surface area contributed by atoms with Gasteiger partial charge in [0, 0.05) is 6.20 Å². The van der Waals surface area contributed by atoms with Gasteiger partial charge in [-0.25, -0.2) is 8.78 Å². The van der Waals surface area contributed by atoms with Crippen LogP contribution in [0.15, 0.2) is 36.7 Å². The Morgan fingerprint density at radius 1 is 1.28 bits per heavy atom. The van der Waals surface area contributed by atoms with E-state index in [-0.39, 0.29) is 16.8 Å². The first-order valence-electron chi connectivity index (χ1n) is 5.39. The summed E-state index contributed by atoms with van der Waals surface area (Å²) in [6, 6.07) is 5.47. The van der Waals surface area contributed by atoms with Crippen molar-refractivity contribution in [2.75, 3.05) is 5.32 Å². The van der Waals surface area contributed by atoms with Gasteiger partial charge >= 0.3 is 0 Å². The SMILES string of the molecule is CC(Nc1c(F)cccc1Cl)c1cncc(F)c1. The maximum absolute atomic E-state index is 13.6. The zero-order chi connectivity index (χ0) is 13.1. The first-order valence-corrected chi connectivity index (χ1v) is 5.76. The summed E-state index contributed by atoms with van der Waals surface area (Å²) in [6.45, 7) is 1.78. The van der Waals surface area contributed by atoms with Crippen molar-refractivity contribution in [1.29, 1.82) is 0 Å². The van der Waals surface area contributed by atoms with Crippen molar-refractivity contribution < 1.29 is 8.78 Å². The van der Waals surface area contributed by atoms with Gasteiger partial charge in [-0.3, -0.25) is 4.98 Å². The van der Waals surface area contributed by atoms with Crippen LogP contribution in [0, 0.1) is 11.6 Å². The largest absolute Gasteiger partial charge is 0.375 e. The Bertz CT molecular complexity index is 540. The lowest BCUT2D eigenvalue weighted by molar-refractivity contribution is 0.614. The van der Waals surface area contributed by atoms with Crippen molar-refractivity contribution in [2.24, 2.45) is 0 Å². The van der Waals surface area contributed by atoms with Crippen LogP contribution in [0.1, 0.15) is 18.5 Å². The molecule has 1 aromatic carbocycles. The Morgan fingerprint density at radius 2 is 2.06 bits per heavy atom. The highest BCUT2D eigenvalue weighted by Gasteiger charge is 2.12. The Morgan fingerprint density at radius 3 is 2.72 bits per heavy atom. The summed E-state index contributed by atoms with van der Waals surface area (Å²) in [4.78, 5) is 3.75. The molecule has 2 rings (SSSR count). The van der Waals surface area contributed by atoms with Gasteiger partial charge in [0.25, 0.3) is 0 Å². The molecule has 0 saturated heterocycles. The van der Waals surface area contributed by atoms with Crippen LogP contribution in [-0.2, 0) is 0 Å². The quantitative estimate of drug-likeness (QED) is 0.903. The van der Waals surface area contributed by atoms with E-state index in [2.05, 4.69) is 10.3 Å². The van der Waals surface area contributed by atoms with Crippen molar-refractivity contribution in [2.45, 2.75) is 13.0 Å². The molecule has 0 aliphatic heterocycles. The van der Waals surface area contributed by atoms with Crippen LogP contribution >= 0.6 is 11.6 Å². The van der Waals surface area contributed by atoms with Crippen LogP contribution in [0.3, 0.4) is 0 Å². The fraction of sp³-hybridized carbons (Fsp3) is 0.154. The molecule has 1 aromatic heterocycles. The lowest BCUT2D eigenvalue weighted by Gasteiger charge is -2.17. The number of halogens is 3. The van der Waals surface area contributed by atoms with Crippen LogP contribution in [0.25, 0.3) is 0 Å². The van der Waals surface area contributed by atoms with E-state index >= 15 is 0 Å². The molecule has 0 amide bonds. The molecule has 2 aromatic rings. The molecule has 1 unspecified atom stereocenters. The molecule has 0 aliphatic carbocycles. The lowest BCUT2D eigenvalue weighted by Crippen LogP contribution is -2.09. The van der Waals surface area contributed by atoms with Crippen LogP contribution in [0.5, 0.6) is 0 Å². The Kier molecular flexibility index (Phi) is 3.77. The summed E-state index contributed by atoms with van der Waals surface area (Å²) in [5.41, 5.74) is 0.824. The maximum Gasteiger partial charge on any atom is 0.147 e. The molecule has 0 saturated carbocycles. The molecular weight excluding hydrogens is 258 g/mol.